The van der Waals surface area contributed by atoms with Crippen molar-refractivity contribution in [3.05, 3.63) is 53.7 Å². The second kappa shape index (κ2) is 12.5. The van der Waals surface area contributed by atoms with E-state index in [9.17, 15) is 9.90 Å². The molecule has 7 heteroatoms. The van der Waals surface area contributed by atoms with Gasteiger partial charge in [0.25, 0.3) is 5.91 Å². The lowest BCUT2D eigenvalue weighted by Crippen LogP contribution is -2.48. The minimum atomic E-state index is -0.227. The van der Waals surface area contributed by atoms with Crippen LogP contribution in [-0.4, -0.2) is 82.6 Å². The van der Waals surface area contributed by atoms with Crippen LogP contribution in [0.15, 0.2) is 41.0 Å². The molecule has 7 nitrogen and oxygen atoms in total. The van der Waals surface area contributed by atoms with Crippen molar-refractivity contribution in [3.8, 4) is 0 Å². The van der Waals surface area contributed by atoms with E-state index in [0.29, 0.717) is 24.0 Å². The van der Waals surface area contributed by atoms with E-state index >= 15 is 0 Å². The Labute approximate surface area is 203 Å². The summed E-state index contributed by atoms with van der Waals surface area (Å²) in [4.78, 5) is 24.0. The van der Waals surface area contributed by atoms with E-state index in [1.165, 1.54) is 11.8 Å². The Hall–Kier alpha value is -2.22. The van der Waals surface area contributed by atoms with E-state index < -0.39 is 0 Å². The van der Waals surface area contributed by atoms with Gasteiger partial charge in [0, 0.05) is 45.8 Å². The molecule has 1 atom stereocenters. The van der Waals surface area contributed by atoms with Crippen molar-refractivity contribution >= 4 is 5.91 Å². The molecule has 1 unspecified atom stereocenters. The van der Waals surface area contributed by atoms with Crippen LogP contribution in [0, 0.1) is 5.92 Å². The van der Waals surface area contributed by atoms with Gasteiger partial charge < -0.3 is 14.4 Å². The van der Waals surface area contributed by atoms with Gasteiger partial charge in [-0.1, -0.05) is 50.1 Å². The van der Waals surface area contributed by atoms with Gasteiger partial charge in [0.1, 0.15) is 6.26 Å². The van der Waals surface area contributed by atoms with Crippen LogP contribution >= 0.6 is 0 Å². The zero-order valence-corrected chi connectivity index (χ0v) is 20.6. The zero-order chi connectivity index (χ0) is 23.8. The minimum Gasteiger partial charge on any atom is -0.447 e. The van der Waals surface area contributed by atoms with Crippen LogP contribution in [0.4, 0.5) is 0 Å². The Morgan fingerprint density at radius 2 is 1.79 bits per heavy atom. The number of rotatable bonds is 10. The standard InChI is InChI=1S/C27H40N4O3/c1-2-3-9-24(32)19-29-14-16-30(17-15-29)20-26-28-25(21-34-26)27(33)31-12-10-23(11-13-31)18-22-7-5-4-6-8-22/h4-8,21,23-24,32H,2-3,9-20H2,1H3. The Bertz CT molecular complexity index is 871. The summed E-state index contributed by atoms with van der Waals surface area (Å²) in [5, 5.41) is 10.2. The lowest BCUT2D eigenvalue weighted by molar-refractivity contribution is 0.0627. The largest absolute Gasteiger partial charge is 0.447 e. The summed E-state index contributed by atoms with van der Waals surface area (Å²) in [5.74, 6) is 1.23. The van der Waals surface area contributed by atoms with Crippen molar-refractivity contribution < 1.29 is 14.3 Å². The van der Waals surface area contributed by atoms with E-state index in [0.717, 1.165) is 84.3 Å². The summed E-state index contributed by atoms with van der Waals surface area (Å²) in [7, 11) is 0. The maximum Gasteiger partial charge on any atom is 0.275 e. The quantitative estimate of drug-likeness (QED) is 0.576. The van der Waals surface area contributed by atoms with Crippen LogP contribution in [0.2, 0.25) is 0 Å². The SMILES string of the molecule is CCCCC(O)CN1CCN(Cc2nc(C(=O)N3CCC(Cc4ccccc4)CC3)co2)CC1. The summed E-state index contributed by atoms with van der Waals surface area (Å²) >= 11 is 0. The smallest absolute Gasteiger partial charge is 0.275 e. The number of unbranched alkanes of at least 4 members (excludes halogenated alkanes) is 1. The average molecular weight is 469 g/mol. The highest BCUT2D eigenvalue weighted by atomic mass is 16.3. The third-order valence-corrected chi connectivity index (χ3v) is 7.22. The fourth-order valence-corrected chi connectivity index (χ4v) is 5.08. The molecule has 1 amide bonds. The van der Waals surface area contributed by atoms with Gasteiger partial charge in [-0.25, -0.2) is 4.98 Å². The van der Waals surface area contributed by atoms with Crippen LogP contribution in [0.3, 0.4) is 0 Å². The Morgan fingerprint density at radius 1 is 1.09 bits per heavy atom. The summed E-state index contributed by atoms with van der Waals surface area (Å²) in [6, 6.07) is 10.6. The van der Waals surface area contributed by atoms with Crippen molar-refractivity contribution in [1.29, 1.82) is 0 Å². The first-order valence-electron chi connectivity index (χ1n) is 13.0. The molecule has 2 aliphatic rings. The number of piperidine rings is 1. The lowest BCUT2D eigenvalue weighted by Gasteiger charge is -2.35. The molecular weight excluding hydrogens is 428 g/mol. The summed E-state index contributed by atoms with van der Waals surface area (Å²) in [6.45, 7) is 8.81. The molecule has 0 radical (unpaired) electrons. The molecule has 0 spiro atoms. The Morgan fingerprint density at radius 3 is 2.50 bits per heavy atom. The number of hydrogen-bond acceptors (Lipinski definition) is 6. The number of aromatic nitrogens is 1. The molecule has 2 fully saturated rings. The summed E-state index contributed by atoms with van der Waals surface area (Å²) in [5.41, 5.74) is 1.80. The number of β-amino-alcohol motifs (C(OH)–C–C–N with tert-alkyl or cyclic N) is 1. The number of aliphatic hydroxyl groups is 1. The third kappa shape index (κ3) is 7.14. The molecule has 2 aliphatic heterocycles. The fourth-order valence-electron chi connectivity index (χ4n) is 5.08. The molecule has 2 saturated heterocycles. The van der Waals surface area contributed by atoms with Crippen LogP contribution in [-0.2, 0) is 13.0 Å². The van der Waals surface area contributed by atoms with Gasteiger partial charge in [-0.05, 0) is 37.2 Å². The topological polar surface area (TPSA) is 73.1 Å². The lowest BCUT2D eigenvalue weighted by atomic mass is 9.90. The van der Waals surface area contributed by atoms with Crippen LogP contribution in [0.5, 0.6) is 0 Å². The normalized spacial score (nSPS) is 19.4. The maximum atomic E-state index is 13.0. The molecule has 0 saturated carbocycles. The first-order valence-corrected chi connectivity index (χ1v) is 13.0. The number of aliphatic hydroxyl groups excluding tert-OH is 1. The zero-order valence-electron chi connectivity index (χ0n) is 20.6. The van der Waals surface area contributed by atoms with Gasteiger partial charge in [0.2, 0.25) is 5.89 Å². The average Bonchev–Trinajstić information content (AvgIpc) is 3.33. The molecule has 1 N–H and O–H groups in total. The highest BCUT2D eigenvalue weighted by Crippen LogP contribution is 2.23. The van der Waals surface area contributed by atoms with Gasteiger partial charge in [-0.15, -0.1) is 0 Å². The number of carbonyl (C=O) groups excluding carboxylic acids is 1. The molecule has 4 rings (SSSR count). The van der Waals surface area contributed by atoms with Crippen molar-refractivity contribution in [1.82, 2.24) is 19.7 Å². The second-order valence-electron chi connectivity index (χ2n) is 9.92. The minimum absolute atomic E-state index is 0.0148. The molecule has 0 bridgehead atoms. The number of piperazine rings is 1. The molecule has 2 aromatic rings. The first kappa shape index (κ1) is 24.9. The van der Waals surface area contributed by atoms with Gasteiger partial charge in [-0.3, -0.25) is 14.6 Å². The number of benzene rings is 1. The van der Waals surface area contributed by atoms with Crippen molar-refractivity contribution in [3.63, 3.8) is 0 Å². The predicted octanol–water partition coefficient (Wildman–Crippen LogP) is 3.44. The first-order chi connectivity index (χ1) is 16.6. The second-order valence-corrected chi connectivity index (χ2v) is 9.92. The highest BCUT2D eigenvalue weighted by molar-refractivity contribution is 5.92. The van der Waals surface area contributed by atoms with Gasteiger partial charge in [0.05, 0.1) is 12.6 Å². The Balaban J connectivity index is 1.18. The van der Waals surface area contributed by atoms with E-state index in [4.69, 9.17) is 4.42 Å². The van der Waals surface area contributed by atoms with E-state index in [-0.39, 0.29) is 12.0 Å². The third-order valence-electron chi connectivity index (χ3n) is 7.22. The van der Waals surface area contributed by atoms with E-state index in [2.05, 4.69) is 52.0 Å². The van der Waals surface area contributed by atoms with Gasteiger partial charge in [-0.2, -0.15) is 0 Å². The molecule has 1 aromatic carbocycles. The van der Waals surface area contributed by atoms with Gasteiger partial charge >= 0.3 is 0 Å². The summed E-state index contributed by atoms with van der Waals surface area (Å²) < 4.78 is 5.66. The number of oxazole rings is 1. The number of carbonyl (C=O) groups is 1. The van der Waals surface area contributed by atoms with Crippen LogP contribution in [0.1, 0.15) is 61.0 Å². The number of amides is 1. The fraction of sp³-hybridized carbons (Fsp3) is 0.630. The number of likely N-dealkylation sites (tertiary alicyclic amines) is 1. The monoisotopic (exact) mass is 468 g/mol. The molecule has 34 heavy (non-hydrogen) atoms. The predicted molar refractivity (Wildman–Crippen MR) is 133 cm³/mol. The van der Waals surface area contributed by atoms with Crippen molar-refractivity contribution in [2.24, 2.45) is 5.92 Å². The summed E-state index contributed by atoms with van der Waals surface area (Å²) in [6.07, 6.45) is 7.53. The molecular formula is C27H40N4O3. The number of nitrogens with zero attached hydrogens (tertiary/aromatic N) is 4. The van der Waals surface area contributed by atoms with Crippen molar-refractivity contribution in [2.75, 3.05) is 45.8 Å². The highest BCUT2D eigenvalue weighted by Gasteiger charge is 2.26. The van der Waals surface area contributed by atoms with Gasteiger partial charge in [0.15, 0.2) is 5.69 Å². The molecule has 186 valence electrons. The Kier molecular flexibility index (Phi) is 9.13. The van der Waals surface area contributed by atoms with Crippen LogP contribution < -0.4 is 0 Å². The number of hydrogen-bond donors (Lipinski definition) is 1. The van der Waals surface area contributed by atoms with E-state index in [1.54, 1.807) is 0 Å². The molecule has 3 heterocycles. The van der Waals surface area contributed by atoms with Crippen molar-refractivity contribution in [2.45, 2.75) is 58.1 Å². The molecule has 1 aromatic heterocycles. The van der Waals surface area contributed by atoms with E-state index in [1.807, 2.05) is 4.90 Å². The maximum absolute atomic E-state index is 13.0. The molecule has 0 aliphatic carbocycles. The van der Waals surface area contributed by atoms with Crippen LogP contribution in [0.25, 0.3) is 0 Å².